The third-order valence-electron chi connectivity index (χ3n) is 2.35. The molecule has 0 atom stereocenters. The number of nitrogens with zero attached hydrogens (tertiary/aromatic N) is 1. The molecule has 1 N–H and O–H groups in total. The molecule has 1 aromatic carbocycles. The van der Waals surface area contributed by atoms with Crippen molar-refractivity contribution in [2.24, 2.45) is 0 Å². The van der Waals surface area contributed by atoms with Gasteiger partial charge in [0.2, 0.25) is 0 Å². The number of nitro benzene ring substituents is 1. The van der Waals surface area contributed by atoms with Crippen LogP contribution in [-0.4, -0.2) is 31.0 Å². The number of sulfone groups is 1. The molecule has 6 nitrogen and oxygen atoms in total. The van der Waals surface area contributed by atoms with Gasteiger partial charge < -0.3 is 5.02 Å². The van der Waals surface area contributed by atoms with Crippen molar-refractivity contribution in [2.75, 3.05) is 5.75 Å². The zero-order chi connectivity index (χ0) is 13.8. The van der Waals surface area contributed by atoms with Crippen LogP contribution in [0.1, 0.15) is 5.56 Å². The van der Waals surface area contributed by atoms with Crippen molar-refractivity contribution in [3.8, 4) is 0 Å². The highest BCUT2D eigenvalue weighted by Crippen LogP contribution is 2.16. The van der Waals surface area contributed by atoms with Crippen LogP contribution in [0.4, 0.5) is 5.69 Å². The second-order valence-corrected chi connectivity index (χ2v) is 6.34. The SMILES string of the molecule is CB(O)CCS(=O)(=O)Cc1cccc([N+](=O)[O-])c1. The fourth-order valence-corrected chi connectivity index (χ4v) is 2.97. The molecule has 0 aromatic heterocycles. The fourth-order valence-electron chi connectivity index (χ4n) is 1.44. The first kappa shape index (κ1) is 14.7. The molecular formula is C10H14BNO5S. The van der Waals surface area contributed by atoms with Crippen LogP contribution in [0.15, 0.2) is 24.3 Å². The van der Waals surface area contributed by atoms with E-state index in [2.05, 4.69) is 0 Å². The summed E-state index contributed by atoms with van der Waals surface area (Å²) in [6, 6.07) is 5.55. The van der Waals surface area contributed by atoms with E-state index in [9.17, 15) is 18.5 Å². The Kier molecular flexibility index (Phi) is 4.86. The Hall–Kier alpha value is -1.41. The molecule has 98 valence electrons. The minimum atomic E-state index is -3.35. The monoisotopic (exact) mass is 271 g/mol. The van der Waals surface area contributed by atoms with Crippen LogP contribution in [0.2, 0.25) is 13.1 Å². The van der Waals surface area contributed by atoms with Gasteiger partial charge in [-0.1, -0.05) is 19.0 Å². The number of hydrogen-bond donors (Lipinski definition) is 1. The topological polar surface area (TPSA) is 97.5 Å². The van der Waals surface area contributed by atoms with E-state index in [0.717, 1.165) is 0 Å². The number of hydrogen-bond acceptors (Lipinski definition) is 5. The van der Waals surface area contributed by atoms with E-state index in [0.29, 0.717) is 5.56 Å². The Morgan fingerprint density at radius 1 is 1.44 bits per heavy atom. The summed E-state index contributed by atoms with van der Waals surface area (Å²) in [5, 5.41) is 19.6. The second kappa shape index (κ2) is 5.97. The maximum atomic E-state index is 11.7. The van der Waals surface area contributed by atoms with E-state index in [4.69, 9.17) is 5.02 Å². The van der Waals surface area contributed by atoms with Gasteiger partial charge in [0.05, 0.1) is 10.7 Å². The van der Waals surface area contributed by atoms with Gasteiger partial charge in [-0.3, -0.25) is 10.1 Å². The van der Waals surface area contributed by atoms with Gasteiger partial charge in [-0.15, -0.1) is 0 Å². The van der Waals surface area contributed by atoms with Crippen LogP contribution < -0.4 is 0 Å². The molecule has 0 saturated carbocycles. The first-order valence-electron chi connectivity index (χ1n) is 5.42. The molecule has 0 amide bonds. The Labute approximate surface area is 106 Å². The predicted molar refractivity (Wildman–Crippen MR) is 69.2 cm³/mol. The number of non-ortho nitro benzene ring substituents is 1. The highest BCUT2D eigenvalue weighted by Gasteiger charge is 2.16. The summed E-state index contributed by atoms with van der Waals surface area (Å²) in [5.74, 6) is -0.380. The Balaban J connectivity index is 2.78. The lowest BCUT2D eigenvalue weighted by Crippen LogP contribution is -2.16. The predicted octanol–water partition coefficient (Wildman–Crippen LogP) is 1.12. The lowest BCUT2D eigenvalue weighted by atomic mass is 9.69. The van der Waals surface area contributed by atoms with Gasteiger partial charge in [-0.05, 0) is 11.9 Å². The molecule has 8 heteroatoms. The number of rotatable bonds is 6. The van der Waals surface area contributed by atoms with E-state index in [1.54, 1.807) is 0 Å². The number of benzene rings is 1. The average Bonchev–Trinajstić information content (AvgIpc) is 2.26. The summed E-state index contributed by atoms with van der Waals surface area (Å²) in [4.78, 5) is 9.99. The zero-order valence-electron chi connectivity index (χ0n) is 9.94. The number of nitro groups is 1. The molecule has 18 heavy (non-hydrogen) atoms. The van der Waals surface area contributed by atoms with Gasteiger partial charge in [0.1, 0.15) is 0 Å². The van der Waals surface area contributed by atoms with E-state index in [1.165, 1.54) is 31.1 Å². The second-order valence-electron chi connectivity index (χ2n) is 4.16. The van der Waals surface area contributed by atoms with Crippen LogP contribution in [0.5, 0.6) is 0 Å². The van der Waals surface area contributed by atoms with E-state index in [-0.39, 0.29) is 23.5 Å². The Bertz CT molecular complexity index is 529. The minimum absolute atomic E-state index is 0.127. The zero-order valence-corrected chi connectivity index (χ0v) is 10.8. The molecule has 0 saturated heterocycles. The van der Waals surface area contributed by atoms with Gasteiger partial charge in [0.25, 0.3) is 12.6 Å². The van der Waals surface area contributed by atoms with Crippen LogP contribution in [0, 0.1) is 10.1 Å². The van der Waals surface area contributed by atoms with Gasteiger partial charge in [0.15, 0.2) is 9.84 Å². The van der Waals surface area contributed by atoms with Crippen molar-refractivity contribution in [1.29, 1.82) is 0 Å². The van der Waals surface area contributed by atoms with Crippen molar-refractivity contribution in [3.63, 3.8) is 0 Å². The van der Waals surface area contributed by atoms with Gasteiger partial charge in [0, 0.05) is 17.9 Å². The Morgan fingerprint density at radius 3 is 2.67 bits per heavy atom. The van der Waals surface area contributed by atoms with Crippen LogP contribution in [0.25, 0.3) is 0 Å². The largest absolute Gasteiger partial charge is 0.451 e. The van der Waals surface area contributed by atoms with Crippen molar-refractivity contribution in [3.05, 3.63) is 39.9 Å². The third kappa shape index (κ3) is 4.85. The molecule has 0 fully saturated rings. The molecule has 0 heterocycles. The first-order chi connectivity index (χ1) is 8.30. The Morgan fingerprint density at radius 2 is 2.11 bits per heavy atom. The summed E-state index contributed by atoms with van der Waals surface area (Å²) < 4.78 is 23.4. The molecule has 0 aliphatic carbocycles. The molecule has 0 radical (unpaired) electrons. The van der Waals surface area contributed by atoms with Gasteiger partial charge >= 0.3 is 0 Å². The highest BCUT2D eigenvalue weighted by molar-refractivity contribution is 7.90. The van der Waals surface area contributed by atoms with Crippen molar-refractivity contribution >= 4 is 22.4 Å². The molecule has 0 bridgehead atoms. The average molecular weight is 271 g/mol. The lowest BCUT2D eigenvalue weighted by Gasteiger charge is -2.04. The maximum absolute atomic E-state index is 11.7. The summed E-state index contributed by atoms with van der Waals surface area (Å²) in [6.45, 7) is 0.841. The molecule has 0 spiro atoms. The summed E-state index contributed by atoms with van der Waals surface area (Å²) in [6.07, 6.45) is 0.164. The van der Waals surface area contributed by atoms with Crippen molar-refractivity contribution < 1.29 is 18.4 Å². The van der Waals surface area contributed by atoms with E-state index < -0.39 is 21.7 Å². The van der Waals surface area contributed by atoms with Crippen molar-refractivity contribution in [1.82, 2.24) is 0 Å². The van der Waals surface area contributed by atoms with Crippen LogP contribution in [-0.2, 0) is 15.6 Å². The highest BCUT2D eigenvalue weighted by atomic mass is 32.2. The van der Waals surface area contributed by atoms with E-state index in [1.807, 2.05) is 0 Å². The quantitative estimate of drug-likeness (QED) is 0.475. The first-order valence-corrected chi connectivity index (χ1v) is 7.24. The summed E-state index contributed by atoms with van der Waals surface area (Å²) >= 11 is 0. The summed E-state index contributed by atoms with van der Waals surface area (Å²) in [7, 11) is -3.35. The molecule has 0 aliphatic rings. The minimum Gasteiger partial charge on any atom is -0.451 e. The standard InChI is InChI=1S/C10H14BNO5S/c1-11(13)5-6-18(16,17)8-9-3-2-4-10(7-9)12(14)15/h2-4,7,13H,5-6,8H2,1H3. The molecule has 0 aliphatic heterocycles. The van der Waals surface area contributed by atoms with E-state index >= 15 is 0 Å². The van der Waals surface area contributed by atoms with Crippen LogP contribution in [0.3, 0.4) is 0 Å². The van der Waals surface area contributed by atoms with Gasteiger partial charge in [-0.25, -0.2) is 8.42 Å². The third-order valence-corrected chi connectivity index (χ3v) is 3.99. The summed E-state index contributed by atoms with van der Waals surface area (Å²) in [5.41, 5.74) is 0.257. The van der Waals surface area contributed by atoms with Gasteiger partial charge in [-0.2, -0.15) is 0 Å². The fraction of sp³-hybridized carbons (Fsp3) is 0.400. The molecule has 1 aromatic rings. The molecule has 0 unspecified atom stereocenters. The normalized spacial score (nSPS) is 11.2. The lowest BCUT2D eigenvalue weighted by molar-refractivity contribution is -0.384. The molecular weight excluding hydrogens is 257 g/mol. The van der Waals surface area contributed by atoms with Crippen molar-refractivity contribution in [2.45, 2.75) is 18.9 Å². The maximum Gasteiger partial charge on any atom is 0.286 e. The molecule has 1 rings (SSSR count). The smallest absolute Gasteiger partial charge is 0.286 e. The van der Waals surface area contributed by atoms with Crippen LogP contribution >= 0.6 is 0 Å².